The minimum atomic E-state index is -1.06. The predicted molar refractivity (Wildman–Crippen MR) is 184 cm³/mol. The van der Waals surface area contributed by atoms with Crippen LogP contribution in [0.2, 0.25) is 0 Å². The summed E-state index contributed by atoms with van der Waals surface area (Å²) in [5.41, 5.74) is 0. The Labute approximate surface area is 289 Å². The van der Waals surface area contributed by atoms with Crippen molar-refractivity contribution in [1.29, 1.82) is 0 Å². The lowest BCUT2D eigenvalue weighted by Crippen LogP contribution is -2.20. The Morgan fingerprint density at radius 1 is 0.438 bits per heavy atom. The lowest BCUT2D eigenvalue weighted by atomic mass is 9.95. The van der Waals surface area contributed by atoms with E-state index in [1.165, 1.54) is 64.7 Å². The van der Waals surface area contributed by atoms with Gasteiger partial charge in [0.15, 0.2) is 0 Å². The number of carboxylic acid groups (broad SMARTS) is 2. The number of ether oxygens (including phenoxy) is 4. The fourth-order valence-corrected chi connectivity index (χ4v) is 5.23. The maximum absolute atomic E-state index is 12.1. The molecule has 0 aromatic carbocycles. The van der Waals surface area contributed by atoms with Crippen molar-refractivity contribution in [2.75, 3.05) is 52.9 Å². The molecule has 48 heavy (non-hydrogen) atoms. The summed E-state index contributed by atoms with van der Waals surface area (Å²) in [7, 11) is 0. The third-order valence-electron chi connectivity index (χ3n) is 8.15. The van der Waals surface area contributed by atoms with E-state index in [-0.39, 0.29) is 43.9 Å². The van der Waals surface area contributed by atoms with Gasteiger partial charge in [0, 0.05) is 45.1 Å². The molecule has 0 fully saturated rings. The van der Waals surface area contributed by atoms with Crippen molar-refractivity contribution in [1.82, 2.24) is 0 Å². The maximum Gasteiger partial charge on any atom is 0.306 e. The molecule has 2 N–H and O–H groups in total. The summed E-state index contributed by atoms with van der Waals surface area (Å²) in [5, 5.41) is 17.8. The van der Waals surface area contributed by atoms with E-state index < -0.39 is 17.9 Å². The summed E-state index contributed by atoms with van der Waals surface area (Å²) in [6.07, 6.45) is 19.2. The Kier molecular flexibility index (Phi) is 33.1. The van der Waals surface area contributed by atoms with Crippen LogP contribution in [0, 0.1) is 5.92 Å². The summed E-state index contributed by atoms with van der Waals surface area (Å²) in [5.74, 6) is -2.54. The number of hydrogen-bond donors (Lipinski definition) is 2. The molecule has 0 aromatic heterocycles. The molecule has 0 radical (unpaired) electrons. The van der Waals surface area contributed by atoms with E-state index in [9.17, 15) is 29.1 Å². The van der Waals surface area contributed by atoms with Gasteiger partial charge in [0.05, 0.1) is 52.2 Å². The molecule has 0 heterocycles. The van der Waals surface area contributed by atoms with Gasteiger partial charge in [-0.3, -0.25) is 19.2 Å². The first-order valence-electron chi connectivity index (χ1n) is 18.5. The molecular weight excluding hydrogens is 620 g/mol. The summed E-state index contributed by atoms with van der Waals surface area (Å²) in [6, 6.07) is 0. The summed E-state index contributed by atoms with van der Waals surface area (Å²) >= 11 is 0. The van der Waals surface area contributed by atoms with E-state index in [0.717, 1.165) is 38.5 Å². The smallest absolute Gasteiger partial charge is 0.306 e. The van der Waals surface area contributed by atoms with Crippen molar-refractivity contribution in [2.24, 2.45) is 5.92 Å². The van der Waals surface area contributed by atoms with Gasteiger partial charge in [-0.2, -0.15) is 0 Å². The Morgan fingerprint density at radius 3 is 1.27 bits per heavy atom. The van der Waals surface area contributed by atoms with Crippen molar-refractivity contribution in [3.8, 4) is 0 Å². The van der Waals surface area contributed by atoms with E-state index in [2.05, 4.69) is 0 Å². The van der Waals surface area contributed by atoms with Crippen LogP contribution in [0.3, 0.4) is 0 Å². The highest BCUT2D eigenvalue weighted by atomic mass is 16.6. The number of carbonyl (C=O) groups excluding carboxylic acids is 3. The van der Waals surface area contributed by atoms with Crippen LogP contribution in [-0.4, -0.2) is 92.4 Å². The number of rotatable bonds is 39. The average molecular weight is 687 g/mol. The molecule has 0 amide bonds. The lowest BCUT2D eigenvalue weighted by Gasteiger charge is -2.11. The fourth-order valence-electron chi connectivity index (χ4n) is 5.23. The van der Waals surface area contributed by atoms with E-state index in [0.29, 0.717) is 71.3 Å². The lowest BCUT2D eigenvalue weighted by molar-refractivity contribution is -0.144. The molecule has 0 saturated carbocycles. The van der Waals surface area contributed by atoms with Gasteiger partial charge in [-0.25, -0.2) is 0 Å². The van der Waals surface area contributed by atoms with Crippen LogP contribution in [0.5, 0.6) is 0 Å². The van der Waals surface area contributed by atoms with Gasteiger partial charge < -0.3 is 34.0 Å². The van der Waals surface area contributed by atoms with Gasteiger partial charge in [-0.05, 0) is 32.6 Å². The first kappa shape index (κ1) is 45.8. The minimum Gasteiger partial charge on any atom is -0.481 e. The quantitative estimate of drug-likeness (QED) is 0.0632. The van der Waals surface area contributed by atoms with Crippen LogP contribution in [0.1, 0.15) is 148 Å². The molecule has 0 aliphatic carbocycles. The molecule has 11 nitrogen and oxygen atoms in total. The molecule has 280 valence electrons. The van der Waals surface area contributed by atoms with Crippen LogP contribution >= 0.6 is 0 Å². The second kappa shape index (κ2) is 34.6. The van der Waals surface area contributed by atoms with Gasteiger partial charge in [0.25, 0.3) is 0 Å². The Morgan fingerprint density at radius 2 is 0.833 bits per heavy atom. The van der Waals surface area contributed by atoms with E-state index in [4.69, 9.17) is 24.1 Å². The second-order valence-corrected chi connectivity index (χ2v) is 12.7. The number of ketones is 3. The molecule has 0 bridgehead atoms. The largest absolute Gasteiger partial charge is 0.481 e. The molecule has 0 spiro atoms. The second-order valence-electron chi connectivity index (χ2n) is 12.7. The van der Waals surface area contributed by atoms with Crippen LogP contribution in [0.15, 0.2) is 0 Å². The van der Waals surface area contributed by atoms with Crippen LogP contribution < -0.4 is 0 Å². The predicted octanol–water partition coefficient (Wildman–Crippen LogP) is 7.15. The topological polar surface area (TPSA) is 163 Å². The third-order valence-corrected chi connectivity index (χ3v) is 8.15. The summed E-state index contributed by atoms with van der Waals surface area (Å²) in [4.78, 5) is 56.8. The third kappa shape index (κ3) is 35.1. The van der Waals surface area contributed by atoms with Crippen molar-refractivity contribution in [3.05, 3.63) is 0 Å². The van der Waals surface area contributed by atoms with Crippen LogP contribution in [-0.2, 0) is 42.9 Å². The number of carbonyl (C=O) groups is 5. The Bertz CT molecular complexity index is 830. The van der Waals surface area contributed by atoms with Crippen molar-refractivity contribution in [3.63, 3.8) is 0 Å². The maximum atomic E-state index is 12.1. The van der Waals surface area contributed by atoms with Gasteiger partial charge in [0.2, 0.25) is 0 Å². The zero-order valence-electron chi connectivity index (χ0n) is 29.9. The molecule has 0 saturated heterocycles. The monoisotopic (exact) mass is 686 g/mol. The van der Waals surface area contributed by atoms with Gasteiger partial charge in [-0.15, -0.1) is 0 Å². The van der Waals surface area contributed by atoms with Gasteiger partial charge in [-0.1, -0.05) is 77.0 Å². The van der Waals surface area contributed by atoms with Crippen LogP contribution in [0.4, 0.5) is 0 Å². The Balaban J connectivity index is 3.33. The normalized spacial score (nSPS) is 11.9. The number of unbranched alkanes of at least 4 members (excludes halogenated alkanes) is 13. The molecule has 0 aromatic rings. The van der Waals surface area contributed by atoms with Gasteiger partial charge >= 0.3 is 11.9 Å². The molecule has 0 unspecified atom stereocenters. The molecule has 11 heteroatoms. The zero-order chi connectivity index (χ0) is 35.5. The minimum absolute atomic E-state index is 0.0885. The first-order valence-corrected chi connectivity index (χ1v) is 18.5. The SMILES string of the molecule is CC(=O)CC[C@H](CC(=O)CCOCCOCCOCCOCCCC(=O)CCCCCCCCCCCCCCCCC(=O)O)C(=O)O. The summed E-state index contributed by atoms with van der Waals surface area (Å²) in [6.45, 7) is 4.60. The molecule has 0 aliphatic heterocycles. The van der Waals surface area contributed by atoms with Gasteiger partial charge in [0.1, 0.15) is 17.3 Å². The van der Waals surface area contributed by atoms with Crippen molar-refractivity contribution < 1.29 is 53.1 Å². The van der Waals surface area contributed by atoms with Crippen LogP contribution in [0.25, 0.3) is 0 Å². The highest BCUT2D eigenvalue weighted by Gasteiger charge is 2.21. The first-order chi connectivity index (χ1) is 23.2. The molecule has 0 rings (SSSR count). The van der Waals surface area contributed by atoms with Crippen molar-refractivity contribution in [2.45, 2.75) is 148 Å². The highest BCUT2D eigenvalue weighted by Crippen LogP contribution is 2.15. The molecule has 0 aliphatic rings. The standard InChI is InChI=1S/C37H66O11/c1-32(38)20-21-33(37(43)44)31-35(40)22-24-46-26-28-48-30-29-47-27-25-45-23-16-18-34(39)17-14-12-10-8-6-4-2-3-5-7-9-11-13-15-19-36(41)42/h33H,2-31H2,1H3,(H,41,42)(H,43,44)/t33-/m1/s1. The number of aliphatic carboxylic acids is 2. The van der Waals surface area contributed by atoms with E-state index in [1.807, 2.05) is 0 Å². The van der Waals surface area contributed by atoms with Crippen molar-refractivity contribution >= 4 is 29.3 Å². The average Bonchev–Trinajstić information content (AvgIpc) is 3.04. The number of carboxylic acids is 2. The molecule has 1 atom stereocenters. The summed E-state index contributed by atoms with van der Waals surface area (Å²) < 4.78 is 21.8. The van der Waals surface area contributed by atoms with E-state index >= 15 is 0 Å². The molecular formula is C37H66O11. The number of hydrogen-bond acceptors (Lipinski definition) is 9. The van der Waals surface area contributed by atoms with E-state index in [1.54, 1.807) is 0 Å². The number of Topliss-reactive ketones (excluding diaryl/α,β-unsaturated/α-hetero) is 3. The fraction of sp³-hybridized carbons (Fsp3) is 0.865. The zero-order valence-corrected chi connectivity index (χ0v) is 29.9. The highest BCUT2D eigenvalue weighted by molar-refractivity contribution is 5.84. The Hall–Kier alpha value is -2.21.